The van der Waals surface area contributed by atoms with Gasteiger partial charge in [-0.2, -0.15) is 0 Å². The van der Waals surface area contributed by atoms with E-state index in [1.54, 1.807) is 0 Å². The Bertz CT molecular complexity index is 3230. The normalized spacial score (nSPS) is 12.4. The number of rotatable bonds is 3. The fourth-order valence-corrected chi connectivity index (χ4v) is 9.18. The van der Waals surface area contributed by atoms with Gasteiger partial charge < -0.3 is 4.57 Å². The average Bonchev–Trinajstić information content (AvgIpc) is 3.52. The second-order valence-corrected chi connectivity index (χ2v) is 15.7. The summed E-state index contributed by atoms with van der Waals surface area (Å²) in [6.07, 6.45) is 0. The van der Waals surface area contributed by atoms with Crippen LogP contribution in [0.3, 0.4) is 0 Å². The van der Waals surface area contributed by atoms with Crippen molar-refractivity contribution in [2.45, 2.75) is 26.2 Å². The molecule has 1 nitrogen and oxygen atoms in total. The first-order valence-corrected chi connectivity index (χ1v) is 18.7. The number of fused-ring (bicyclic) bond motifs is 5. The summed E-state index contributed by atoms with van der Waals surface area (Å²) in [6, 6.07) is 63.6. The summed E-state index contributed by atoms with van der Waals surface area (Å²) < 4.78 is 2.40. The molecule has 10 aromatic carbocycles. The van der Waals surface area contributed by atoms with E-state index in [1.165, 1.54) is 109 Å². The minimum atomic E-state index is -0.00265. The molecule has 0 bridgehead atoms. The topological polar surface area (TPSA) is 4.93 Å². The molecule has 53 heavy (non-hydrogen) atoms. The molecule has 0 spiro atoms. The van der Waals surface area contributed by atoms with Crippen LogP contribution in [-0.4, -0.2) is 4.57 Å². The van der Waals surface area contributed by atoms with E-state index in [0.29, 0.717) is 0 Å². The van der Waals surface area contributed by atoms with Gasteiger partial charge in [-0.15, -0.1) is 0 Å². The third-order valence-electron chi connectivity index (χ3n) is 11.7. The smallest absolute Gasteiger partial charge is 0.0541 e. The summed E-state index contributed by atoms with van der Waals surface area (Å²) in [5.41, 5.74) is 10.1. The predicted molar refractivity (Wildman–Crippen MR) is 229 cm³/mol. The van der Waals surface area contributed by atoms with E-state index in [-0.39, 0.29) is 5.41 Å². The van der Waals surface area contributed by atoms with Gasteiger partial charge in [-0.05, 0) is 123 Å². The van der Waals surface area contributed by atoms with E-state index < -0.39 is 0 Å². The van der Waals surface area contributed by atoms with Crippen molar-refractivity contribution in [1.82, 2.24) is 4.57 Å². The molecule has 1 aromatic heterocycles. The molecule has 0 aliphatic heterocycles. The van der Waals surface area contributed by atoms with E-state index in [0.717, 1.165) is 0 Å². The van der Waals surface area contributed by atoms with Gasteiger partial charge in [0.2, 0.25) is 0 Å². The molecule has 1 heterocycles. The molecule has 11 rings (SSSR count). The van der Waals surface area contributed by atoms with Crippen LogP contribution in [0.15, 0.2) is 170 Å². The van der Waals surface area contributed by atoms with E-state index in [2.05, 4.69) is 195 Å². The molecule has 0 aliphatic rings. The number of benzene rings is 10. The molecule has 0 saturated carbocycles. The van der Waals surface area contributed by atoms with Crippen LogP contribution in [0.5, 0.6) is 0 Å². The van der Waals surface area contributed by atoms with Crippen molar-refractivity contribution in [2.75, 3.05) is 0 Å². The van der Waals surface area contributed by atoms with Gasteiger partial charge in [0.1, 0.15) is 0 Å². The highest BCUT2D eigenvalue weighted by Crippen LogP contribution is 2.48. The molecule has 0 radical (unpaired) electrons. The standard InChI is InChI=1S/C52H37N/c1-52(2,3)36-25-28-43-45(31-36)49(35-24-29-47-44(30-35)38-16-9-10-19-46(38)53(47)37-14-5-4-6-15-37)39-17-7-8-18-40(39)51(43)42-27-23-34-21-20-32-12-11-13-33-22-26-41(42)50(34)48(32)33/h4-31H,1-3H3. The molecule has 0 amide bonds. The molecule has 11 aromatic rings. The quantitative estimate of drug-likeness (QED) is 0.130. The number of aromatic nitrogens is 1. The van der Waals surface area contributed by atoms with E-state index in [4.69, 9.17) is 0 Å². The molecule has 0 aliphatic carbocycles. The Morgan fingerprint density at radius 2 is 0.981 bits per heavy atom. The van der Waals surface area contributed by atoms with Gasteiger partial charge in [-0.3, -0.25) is 0 Å². The van der Waals surface area contributed by atoms with Crippen LogP contribution in [0.4, 0.5) is 0 Å². The van der Waals surface area contributed by atoms with Crippen molar-refractivity contribution >= 4 is 75.7 Å². The molecule has 250 valence electrons. The summed E-state index contributed by atoms with van der Waals surface area (Å²) in [5.74, 6) is 0. The molecular formula is C52H37N. The fraction of sp³-hybridized carbons (Fsp3) is 0.0769. The van der Waals surface area contributed by atoms with Crippen molar-refractivity contribution < 1.29 is 0 Å². The SMILES string of the molecule is CC(C)(C)c1ccc2c(-c3ccc4ccc5cccc6ccc3c4c56)c3ccccc3c(-c3ccc4c(c3)c3ccccc3n4-c3ccccc3)c2c1. The first-order valence-electron chi connectivity index (χ1n) is 18.7. The molecule has 0 atom stereocenters. The predicted octanol–water partition coefficient (Wildman–Crippen LogP) is 14.6. The summed E-state index contributed by atoms with van der Waals surface area (Å²) in [7, 11) is 0. The Morgan fingerprint density at radius 3 is 1.75 bits per heavy atom. The Morgan fingerprint density at radius 1 is 0.377 bits per heavy atom. The van der Waals surface area contributed by atoms with Crippen molar-refractivity contribution in [3.05, 3.63) is 175 Å². The molecule has 1 heteroatoms. The van der Waals surface area contributed by atoms with Crippen LogP contribution >= 0.6 is 0 Å². The van der Waals surface area contributed by atoms with Gasteiger partial charge in [0.05, 0.1) is 11.0 Å². The maximum atomic E-state index is 2.48. The minimum absolute atomic E-state index is 0.00265. The van der Waals surface area contributed by atoms with Gasteiger partial charge in [0.15, 0.2) is 0 Å². The fourth-order valence-electron chi connectivity index (χ4n) is 9.18. The molecule has 0 unspecified atom stereocenters. The minimum Gasteiger partial charge on any atom is -0.309 e. The highest BCUT2D eigenvalue weighted by molar-refractivity contribution is 6.29. The third-order valence-corrected chi connectivity index (χ3v) is 11.7. The Balaban J connectivity index is 1.27. The largest absolute Gasteiger partial charge is 0.309 e. The zero-order chi connectivity index (χ0) is 35.4. The first kappa shape index (κ1) is 30.2. The molecular weight excluding hydrogens is 639 g/mol. The zero-order valence-corrected chi connectivity index (χ0v) is 30.1. The summed E-state index contributed by atoms with van der Waals surface area (Å²) in [6.45, 7) is 6.96. The Kier molecular flexibility index (Phi) is 6.29. The summed E-state index contributed by atoms with van der Waals surface area (Å²) in [4.78, 5) is 0. The number of nitrogens with zero attached hydrogens (tertiary/aromatic N) is 1. The van der Waals surface area contributed by atoms with Crippen LogP contribution in [0.2, 0.25) is 0 Å². The van der Waals surface area contributed by atoms with Gasteiger partial charge >= 0.3 is 0 Å². The van der Waals surface area contributed by atoms with E-state index in [1.807, 2.05) is 0 Å². The lowest BCUT2D eigenvalue weighted by atomic mass is 9.80. The van der Waals surface area contributed by atoms with Crippen molar-refractivity contribution in [2.24, 2.45) is 0 Å². The van der Waals surface area contributed by atoms with Crippen molar-refractivity contribution in [3.8, 4) is 27.9 Å². The monoisotopic (exact) mass is 675 g/mol. The second-order valence-electron chi connectivity index (χ2n) is 15.7. The van der Waals surface area contributed by atoms with Crippen LogP contribution in [0.1, 0.15) is 26.3 Å². The average molecular weight is 676 g/mol. The molecule has 0 saturated heterocycles. The number of hydrogen-bond donors (Lipinski definition) is 0. The van der Waals surface area contributed by atoms with Gasteiger partial charge in [-0.1, -0.05) is 154 Å². The van der Waals surface area contributed by atoms with E-state index >= 15 is 0 Å². The van der Waals surface area contributed by atoms with Gasteiger partial charge in [-0.25, -0.2) is 0 Å². The lowest BCUT2D eigenvalue weighted by Gasteiger charge is -2.24. The number of hydrogen-bond acceptors (Lipinski definition) is 0. The maximum Gasteiger partial charge on any atom is 0.0541 e. The summed E-state index contributed by atoms with van der Waals surface area (Å²) >= 11 is 0. The lowest BCUT2D eigenvalue weighted by Crippen LogP contribution is -2.10. The van der Waals surface area contributed by atoms with Gasteiger partial charge in [0.25, 0.3) is 0 Å². The molecule has 0 fully saturated rings. The van der Waals surface area contributed by atoms with E-state index in [9.17, 15) is 0 Å². The number of para-hydroxylation sites is 2. The maximum absolute atomic E-state index is 2.48. The Hall–Kier alpha value is -6.44. The van der Waals surface area contributed by atoms with Crippen molar-refractivity contribution in [3.63, 3.8) is 0 Å². The van der Waals surface area contributed by atoms with Crippen molar-refractivity contribution in [1.29, 1.82) is 0 Å². The zero-order valence-electron chi connectivity index (χ0n) is 30.1. The summed E-state index contributed by atoms with van der Waals surface area (Å²) in [5, 5.41) is 15.6. The third kappa shape index (κ3) is 4.38. The second kappa shape index (κ2) is 11.0. The van der Waals surface area contributed by atoms with Crippen LogP contribution in [-0.2, 0) is 5.41 Å². The highest BCUT2D eigenvalue weighted by atomic mass is 15.0. The van der Waals surface area contributed by atoms with Gasteiger partial charge in [0, 0.05) is 16.5 Å². The lowest BCUT2D eigenvalue weighted by molar-refractivity contribution is 0.591. The van der Waals surface area contributed by atoms with Crippen LogP contribution in [0, 0.1) is 0 Å². The Labute approximate surface area is 308 Å². The van der Waals surface area contributed by atoms with Crippen LogP contribution < -0.4 is 0 Å². The molecule has 0 N–H and O–H groups in total. The highest BCUT2D eigenvalue weighted by Gasteiger charge is 2.23. The van der Waals surface area contributed by atoms with Crippen LogP contribution in [0.25, 0.3) is 104 Å². The first-order chi connectivity index (χ1) is 25.9.